The molecule has 0 heterocycles. The van der Waals surface area contributed by atoms with Crippen LogP contribution in [0.2, 0.25) is 0 Å². The van der Waals surface area contributed by atoms with Crippen molar-refractivity contribution in [3.8, 4) is 5.75 Å². The van der Waals surface area contributed by atoms with E-state index in [2.05, 4.69) is 5.32 Å². The van der Waals surface area contributed by atoms with Gasteiger partial charge in [0.25, 0.3) is 11.6 Å². The number of carbonyl (C=O) groups is 3. The molecular weight excluding hydrogens is 356 g/mol. The number of nitrogen functional groups attached to an aromatic ring is 1. The van der Waals surface area contributed by atoms with Crippen molar-refractivity contribution in [3.63, 3.8) is 0 Å². The Balaban J connectivity index is 1.91. The second-order valence-corrected chi connectivity index (χ2v) is 5.29. The van der Waals surface area contributed by atoms with Crippen LogP contribution < -0.4 is 21.3 Å². The van der Waals surface area contributed by atoms with Crippen molar-refractivity contribution in [2.45, 2.75) is 6.42 Å². The number of ether oxygens (including phenoxy) is 1. The second kappa shape index (κ2) is 9.06. The number of rotatable bonds is 8. The molecule has 0 saturated carbocycles. The summed E-state index contributed by atoms with van der Waals surface area (Å²) < 4.78 is 5.35. The van der Waals surface area contributed by atoms with Gasteiger partial charge in [0, 0.05) is 23.4 Å². The third kappa shape index (κ3) is 5.34. The number of nitro groups is 1. The number of aldehydes is 1. The quantitative estimate of drug-likeness (QED) is 0.208. The minimum atomic E-state index is -0.658. The third-order valence-electron chi connectivity index (χ3n) is 3.49. The number of nitrogens with two attached hydrogens (primary N) is 1. The van der Waals surface area contributed by atoms with Crippen LogP contribution in [0.15, 0.2) is 42.5 Å². The van der Waals surface area contributed by atoms with E-state index in [0.29, 0.717) is 17.7 Å². The Morgan fingerprint density at radius 2 is 1.89 bits per heavy atom. The minimum absolute atomic E-state index is 0.00480. The van der Waals surface area contributed by atoms with Gasteiger partial charge < -0.3 is 10.1 Å². The summed E-state index contributed by atoms with van der Waals surface area (Å²) in [4.78, 5) is 44.6. The molecule has 0 aliphatic heterocycles. The molecule has 0 aliphatic rings. The number of hydrogen-bond acceptors (Lipinski definition) is 7. The highest BCUT2D eigenvalue weighted by Crippen LogP contribution is 2.18. The molecule has 0 aliphatic carbocycles. The number of benzene rings is 2. The standard InChI is InChI=1S/C17H16N4O6/c18-20-17(24)15-9-12(2-1-11(15)10-22)19-16(23)7-8-27-14-5-3-13(4-6-14)21(25)26/h1-6,9-10H,7-8,18H2,(H,19,23)(H,20,24). The summed E-state index contributed by atoms with van der Waals surface area (Å²) in [5, 5.41) is 13.2. The molecule has 0 bridgehead atoms. The third-order valence-corrected chi connectivity index (χ3v) is 3.49. The Morgan fingerprint density at radius 1 is 1.19 bits per heavy atom. The molecule has 2 rings (SSSR count). The zero-order valence-corrected chi connectivity index (χ0v) is 14.0. The summed E-state index contributed by atoms with van der Waals surface area (Å²) in [6, 6.07) is 9.67. The maximum Gasteiger partial charge on any atom is 0.269 e. The van der Waals surface area contributed by atoms with E-state index in [0.717, 1.165) is 0 Å². The fourth-order valence-electron chi connectivity index (χ4n) is 2.16. The van der Waals surface area contributed by atoms with Crippen LogP contribution in [-0.4, -0.2) is 29.6 Å². The van der Waals surface area contributed by atoms with Gasteiger partial charge >= 0.3 is 0 Å². The van der Waals surface area contributed by atoms with Crippen molar-refractivity contribution >= 4 is 29.5 Å². The predicted molar refractivity (Wildman–Crippen MR) is 95.3 cm³/mol. The maximum atomic E-state index is 12.0. The summed E-state index contributed by atoms with van der Waals surface area (Å²) in [6.45, 7) is 0.0478. The van der Waals surface area contributed by atoms with Crippen LogP contribution in [0.3, 0.4) is 0 Å². The molecule has 27 heavy (non-hydrogen) atoms. The SMILES string of the molecule is NNC(=O)c1cc(NC(=O)CCOc2ccc([N+](=O)[O-])cc2)ccc1C=O. The van der Waals surface area contributed by atoms with E-state index in [1.165, 1.54) is 42.5 Å². The van der Waals surface area contributed by atoms with Crippen LogP contribution in [-0.2, 0) is 4.79 Å². The summed E-state index contributed by atoms with van der Waals surface area (Å²) >= 11 is 0. The minimum Gasteiger partial charge on any atom is -0.493 e. The van der Waals surface area contributed by atoms with Crippen molar-refractivity contribution in [1.29, 1.82) is 0 Å². The molecule has 0 spiro atoms. The number of hydrogen-bond donors (Lipinski definition) is 3. The molecule has 140 valence electrons. The number of anilines is 1. The molecule has 0 aromatic heterocycles. The Bertz CT molecular complexity index is 866. The molecule has 2 aromatic rings. The van der Waals surface area contributed by atoms with Gasteiger partial charge in [-0.15, -0.1) is 0 Å². The first-order chi connectivity index (χ1) is 12.9. The number of amides is 2. The van der Waals surface area contributed by atoms with Crippen LogP contribution in [0, 0.1) is 10.1 Å². The van der Waals surface area contributed by atoms with Crippen LogP contribution in [0.5, 0.6) is 5.75 Å². The van der Waals surface area contributed by atoms with Gasteiger partial charge in [0.1, 0.15) is 5.75 Å². The van der Waals surface area contributed by atoms with E-state index >= 15 is 0 Å². The van der Waals surface area contributed by atoms with E-state index in [9.17, 15) is 24.5 Å². The monoisotopic (exact) mass is 372 g/mol. The molecule has 0 atom stereocenters. The first kappa shape index (κ1) is 19.5. The molecule has 10 nitrogen and oxygen atoms in total. The van der Waals surface area contributed by atoms with Crippen molar-refractivity contribution in [2.75, 3.05) is 11.9 Å². The highest BCUT2D eigenvalue weighted by atomic mass is 16.6. The summed E-state index contributed by atoms with van der Waals surface area (Å²) in [7, 11) is 0. The number of nitrogens with zero attached hydrogens (tertiary/aromatic N) is 1. The van der Waals surface area contributed by atoms with Gasteiger partial charge in [0.2, 0.25) is 5.91 Å². The smallest absolute Gasteiger partial charge is 0.269 e. The zero-order chi connectivity index (χ0) is 19.8. The van der Waals surface area contributed by atoms with Crippen LogP contribution in [0.25, 0.3) is 0 Å². The lowest BCUT2D eigenvalue weighted by Crippen LogP contribution is -2.31. The molecule has 0 saturated heterocycles. The van der Waals surface area contributed by atoms with E-state index < -0.39 is 10.8 Å². The van der Waals surface area contributed by atoms with Gasteiger partial charge in [-0.05, 0) is 30.3 Å². The lowest BCUT2D eigenvalue weighted by Gasteiger charge is -2.09. The fourth-order valence-corrected chi connectivity index (χ4v) is 2.16. The fraction of sp³-hybridized carbons (Fsp3) is 0.118. The Labute approximate surface area is 153 Å². The van der Waals surface area contributed by atoms with Gasteiger partial charge in [0.15, 0.2) is 6.29 Å². The number of nitro benzene ring substituents is 1. The van der Waals surface area contributed by atoms with Crippen molar-refractivity contribution < 1.29 is 24.0 Å². The molecule has 0 fully saturated rings. The number of hydrazine groups is 1. The van der Waals surface area contributed by atoms with Gasteiger partial charge in [0.05, 0.1) is 23.5 Å². The lowest BCUT2D eigenvalue weighted by molar-refractivity contribution is -0.384. The average Bonchev–Trinajstić information content (AvgIpc) is 2.67. The molecule has 4 N–H and O–H groups in total. The topological polar surface area (TPSA) is 154 Å². The summed E-state index contributed by atoms with van der Waals surface area (Å²) in [6.07, 6.45) is 0.513. The molecule has 2 aromatic carbocycles. The lowest BCUT2D eigenvalue weighted by atomic mass is 10.1. The average molecular weight is 372 g/mol. The van der Waals surface area contributed by atoms with Gasteiger partial charge in [-0.3, -0.25) is 29.9 Å². The summed E-state index contributed by atoms with van der Waals surface area (Å²) in [5.41, 5.74) is 2.36. The Hall–Kier alpha value is -3.79. The normalized spacial score (nSPS) is 9.96. The van der Waals surface area contributed by atoms with E-state index in [1.807, 2.05) is 5.43 Å². The molecule has 10 heteroatoms. The van der Waals surface area contributed by atoms with Gasteiger partial charge in [-0.1, -0.05) is 0 Å². The van der Waals surface area contributed by atoms with Crippen molar-refractivity contribution in [2.24, 2.45) is 5.84 Å². The van der Waals surface area contributed by atoms with Gasteiger partial charge in [-0.2, -0.15) is 0 Å². The van der Waals surface area contributed by atoms with E-state index in [-0.39, 0.29) is 35.7 Å². The van der Waals surface area contributed by atoms with Crippen LogP contribution >= 0.6 is 0 Å². The number of non-ortho nitro benzene ring substituents is 1. The number of nitrogens with one attached hydrogen (secondary N) is 2. The Morgan fingerprint density at radius 3 is 2.48 bits per heavy atom. The van der Waals surface area contributed by atoms with Crippen molar-refractivity contribution in [1.82, 2.24) is 5.43 Å². The molecule has 0 unspecified atom stereocenters. The molecule has 0 radical (unpaired) electrons. The first-order valence-corrected chi connectivity index (χ1v) is 7.72. The second-order valence-electron chi connectivity index (χ2n) is 5.29. The van der Waals surface area contributed by atoms with E-state index in [1.54, 1.807) is 0 Å². The van der Waals surface area contributed by atoms with Crippen LogP contribution in [0.4, 0.5) is 11.4 Å². The largest absolute Gasteiger partial charge is 0.493 e. The highest BCUT2D eigenvalue weighted by Gasteiger charge is 2.12. The Kier molecular flexibility index (Phi) is 6.55. The van der Waals surface area contributed by atoms with E-state index in [4.69, 9.17) is 10.6 Å². The summed E-state index contributed by atoms with van der Waals surface area (Å²) in [5.74, 6) is 4.43. The highest BCUT2D eigenvalue weighted by molar-refractivity contribution is 6.03. The predicted octanol–water partition coefficient (Wildman–Crippen LogP) is 1.42. The van der Waals surface area contributed by atoms with Crippen molar-refractivity contribution in [3.05, 3.63) is 63.7 Å². The zero-order valence-electron chi connectivity index (χ0n) is 14.0. The van der Waals surface area contributed by atoms with Gasteiger partial charge in [-0.25, -0.2) is 5.84 Å². The maximum absolute atomic E-state index is 12.0. The first-order valence-electron chi connectivity index (χ1n) is 7.72. The molecule has 2 amide bonds. The van der Waals surface area contributed by atoms with Crippen LogP contribution in [0.1, 0.15) is 27.1 Å². The number of carbonyl (C=O) groups excluding carboxylic acids is 3. The molecular formula is C17H16N4O6.